The van der Waals surface area contributed by atoms with Gasteiger partial charge in [-0.3, -0.25) is 0 Å². The highest BCUT2D eigenvalue weighted by Gasteiger charge is 2.28. The zero-order valence-electron chi connectivity index (χ0n) is 15.4. The third-order valence-electron chi connectivity index (χ3n) is 5.85. The SMILES string of the molecule is c1cc2c(cc1C(c1ccc3c(c1)COCO3)C1CCNCC1)COCO2. The van der Waals surface area contributed by atoms with Crippen LogP contribution in [-0.2, 0) is 22.7 Å². The van der Waals surface area contributed by atoms with Gasteiger partial charge in [-0.05, 0) is 67.2 Å². The minimum absolute atomic E-state index is 0.342. The molecule has 0 bridgehead atoms. The van der Waals surface area contributed by atoms with Crippen molar-refractivity contribution in [3.8, 4) is 11.5 Å². The number of piperidine rings is 1. The van der Waals surface area contributed by atoms with Gasteiger partial charge in [0.05, 0.1) is 13.2 Å². The Morgan fingerprint density at radius 3 is 1.89 bits per heavy atom. The van der Waals surface area contributed by atoms with Gasteiger partial charge in [0.1, 0.15) is 11.5 Å². The van der Waals surface area contributed by atoms with E-state index in [4.69, 9.17) is 18.9 Å². The largest absolute Gasteiger partial charge is 0.467 e. The summed E-state index contributed by atoms with van der Waals surface area (Å²) in [7, 11) is 0. The first-order chi connectivity index (χ1) is 13.4. The Morgan fingerprint density at radius 1 is 0.778 bits per heavy atom. The summed E-state index contributed by atoms with van der Waals surface area (Å²) >= 11 is 0. The van der Waals surface area contributed by atoms with Crippen LogP contribution in [0.4, 0.5) is 0 Å². The molecule has 1 fully saturated rings. The first-order valence-electron chi connectivity index (χ1n) is 9.76. The van der Waals surface area contributed by atoms with E-state index < -0.39 is 0 Å². The second-order valence-corrected chi connectivity index (χ2v) is 7.52. The van der Waals surface area contributed by atoms with Crippen molar-refractivity contribution in [1.82, 2.24) is 5.32 Å². The van der Waals surface area contributed by atoms with Crippen LogP contribution in [0.5, 0.6) is 11.5 Å². The minimum atomic E-state index is 0.342. The zero-order valence-corrected chi connectivity index (χ0v) is 15.4. The van der Waals surface area contributed by atoms with Gasteiger partial charge in [-0.1, -0.05) is 12.1 Å². The molecule has 0 amide bonds. The second kappa shape index (κ2) is 7.50. The highest BCUT2D eigenvalue weighted by molar-refractivity contribution is 5.45. The van der Waals surface area contributed by atoms with Gasteiger partial charge in [0.15, 0.2) is 13.6 Å². The molecule has 5 nitrogen and oxygen atoms in total. The normalized spacial score (nSPS) is 19.7. The molecule has 0 aliphatic carbocycles. The molecule has 5 heteroatoms. The molecule has 27 heavy (non-hydrogen) atoms. The number of hydrogen-bond donors (Lipinski definition) is 1. The van der Waals surface area contributed by atoms with E-state index >= 15 is 0 Å². The lowest BCUT2D eigenvalue weighted by Gasteiger charge is -2.33. The summed E-state index contributed by atoms with van der Waals surface area (Å²) in [6.07, 6.45) is 2.36. The Kier molecular flexibility index (Phi) is 4.74. The van der Waals surface area contributed by atoms with Crippen molar-refractivity contribution < 1.29 is 18.9 Å². The van der Waals surface area contributed by atoms with Gasteiger partial charge >= 0.3 is 0 Å². The van der Waals surface area contributed by atoms with E-state index in [9.17, 15) is 0 Å². The van der Waals surface area contributed by atoms with Crippen molar-refractivity contribution in [2.45, 2.75) is 32.0 Å². The first-order valence-corrected chi connectivity index (χ1v) is 9.76. The van der Waals surface area contributed by atoms with Crippen molar-refractivity contribution >= 4 is 0 Å². The molecule has 0 unspecified atom stereocenters. The molecule has 0 atom stereocenters. The third-order valence-corrected chi connectivity index (χ3v) is 5.85. The molecule has 3 aliphatic heterocycles. The van der Waals surface area contributed by atoms with Crippen LogP contribution in [-0.4, -0.2) is 26.7 Å². The quantitative estimate of drug-likeness (QED) is 0.899. The standard InChI is InChI=1S/C22H25NO4/c1-3-20-18(11-24-13-26-20)9-16(1)22(15-5-7-23-8-6-15)17-2-4-21-19(10-17)12-25-14-27-21/h1-4,9-10,15,22-23H,5-8,11-14H2. The topological polar surface area (TPSA) is 49.0 Å². The number of fused-ring (bicyclic) bond motifs is 2. The van der Waals surface area contributed by atoms with E-state index in [1.165, 1.54) is 24.0 Å². The maximum Gasteiger partial charge on any atom is 0.189 e. The van der Waals surface area contributed by atoms with E-state index in [-0.39, 0.29) is 0 Å². The van der Waals surface area contributed by atoms with Gasteiger partial charge in [0, 0.05) is 17.0 Å². The summed E-state index contributed by atoms with van der Waals surface area (Å²) in [6, 6.07) is 13.2. The Hall–Kier alpha value is -2.08. The zero-order chi connectivity index (χ0) is 18.1. The molecular weight excluding hydrogens is 342 g/mol. The highest BCUT2D eigenvalue weighted by atomic mass is 16.7. The van der Waals surface area contributed by atoms with Crippen LogP contribution in [0.1, 0.15) is 41.0 Å². The average molecular weight is 367 g/mol. The predicted molar refractivity (Wildman–Crippen MR) is 101 cm³/mol. The van der Waals surface area contributed by atoms with Crippen LogP contribution in [0.15, 0.2) is 36.4 Å². The number of nitrogens with one attached hydrogen (secondary N) is 1. The Labute approximate surface area is 159 Å². The Morgan fingerprint density at radius 2 is 1.33 bits per heavy atom. The third kappa shape index (κ3) is 3.43. The number of ether oxygens (including phenoxy) is 4. The van der Waals surface area contributed by atoms with Crippen LogP contribution in [0, 0.1) is 5.92 Å². The monoisotopic (exact) mass is 367 g/mol. The molecule has 3 heterocycles. The van der Waals surface area contributed by atoms with Crippen molar-refractivity contribution in [2.24, 2.45) is 5.92 Å². The van der Waals surface area contributed by atoms with Crippen molar-refractivity contribution in [2.75, 3.05) is 26.7 Å². The van der Waals surface area contributed by atoms with E-state index in [2.05, 4.69) is 41.7 Å². The van der Waals surface area contributed by atoms with Gasteiger partial charge in [-0.2, -0.15) is 0 Å². The molecule has 1 saturated heterocycles. The summed E-state index contributed by atoms with van der Waals surface area (Å²) in [5.41, 5.74) is 4.96. The van der Waals surface area contributed by atoms with E-state index in [1.54, 1.807) is 0 Å². The van der Waals surface area contributed by atoms with E-state index in [1.807, 2.05) is 0 Å². The lowest BCUT2D eigenvalue weighted by atomic mass is 9.75. The van der Waals surface area contributed by atoms with Crippen molar-refractivity contribution in [3.63, 3.8) is 0 Å². The molecule has 142 valence electrons. The van der Waals surface area contributed by atoms with Crippen LogP contribution in [0.25, 0.3) is 0 Å². The van der Waals surface area contributed by atoms with Gasteiger partial charge < -0.3 is 24.3 Å². The molecule has 0 aromatic heterocycles. The summed E-state index contributed by atoms with van der Waals surface area (Å²) in [4.78, 5) is 0. The number of rotatable bonds is 3. The van der Waals surface area contributed by atoms with Crippen LogP contribution in [0.3, 0.4) is 0 Å². The molecule has 2 aromatic rings. The fraction of sp³-hybridized carbons (Fsp3) is 0.455. The average Bonchev–Trinajstić information content (AvgIpc) is 2.74. The molecule has 0 radical (unpaired) electrons. The lowest BCUT2D eigenvalue weighted by Crippen LogP contribution is -2.31. The van der Waals surface area contributed by atoms with Gasteiger partial charge in [-0.25, -0.2) is 0 Å². The molecule has 2 aromatic carbocycles. The summed E-state index contributed by atoms with van der Waals surface area (Å²) in [6.45, 7) is 4.08. The van der Waals surface area contributed by atoms with Gasteiger partial charge in [0.2, 0.25) is 0 Å². The van der Waals surface area contributed by atoms with E-state index in [0.717, 1.165) is 35.7 Å². The second-order valence-electron chi connectivity index (χ2n) is 7.52. The Balaban J connectivity index is 1.55. The van der Waals surface area contributed by atoms with Gasteiger partial charge in [-0.15, -0.1) is 0 Å². The molecule has 0 saturated carbocycles. The van der Waals surface area contributed by atoms with Crippen LogP contribution in [0.2, 0.25) is 0 Å². The van der Waals surface area contributed by atoms with Gasteiger partial charge in [0.25, 0.3) is 0 Å². The lowest BCUT2D eigenvalue weighted by molar-refractivity contribution is -0.0164. The van der Waals surface area contributed by atoms with E-state index in [0.29, 0.717) is 38.6 Å². The maximum absolute atomic E-state index is 5.62. The number of hydrogen-bond acceptors (Lipinski definition) is 5. The fourth-order valence-corrected chi connectivity index (χ4v) is 4.52. The van der Waals surface area contributed by atoms with Crippen molar-refractivity contribution in [1.29, 1.82) is 0 Å². The minimum Gasteiger partial charge on any atom is -0.467 e. The Bertz CT molecular complexity index is 756. The molecule has 0 spiro atoms. The molecule has 3 aliphatic rings. The number of benzene rings is 2. The molecule has 5 rings (SSSR count). The maximum atomic E-state index is 5.62. The van der Waals surface area contributed by atoms with Crippen LogP contribution < -0.4 is 14.8 Å². The predicted octanol–water partition coefficient (Wildman–Crippen LogP) is 3.55. The fourth-order valence-electron chi connectivity index (χ4n) is 4.52. The van der Waals surface area contributed by atoms with Crippen molar-refractivity contribution in [3.05, 3.63) is 58.7 Å². The summed E-state index contributed by atoms with van der Waals surface area (Å²) in [5.74, 6) is 2.85. The molecular formula is C22H25NO4. The van der Waals surface area contributed by atoms with Crippen LogP contribution >= 0.6 is 0 Å². The summed E-state index contributed by atoms with van der Waals surface area (Å²) in [5, 5.41) is 3.49. The smallest absolute Gasteiger partial charge is 0.189 e. The molecule has 1 N–H and O–H groups in total. The first kappa shape index (κ1) is 17.0. The summed E-state index contributed by atoms with van der Waals surface area (Å²) < 4.78 is 22.2. The highest BCUT2D eigenvalue weighted by Crippen LogP contribution is 2.40.